The molecule has 0 bridgehead atoms. The van der Waals surface area contributed by atoms with Gasteiger partial charge in [-0.3, -0.25) is 0 Å². The van der Waals surface area contributed by atoms with Crippen molar-refractivity contribution < 1.29 is 4.74 Å². The molecule has 1 fully saturated rings. The smallest absolute Gasteiger partial charge is 0.172 e. The molecule has 1 aromatic rings. The Morgan fingerprint density at radius 1 is 1.33 bits per heavy atom. The van der Waals surface area contributed by atoms with Gasteiger partial charge in [0.2, 0.25) is 0 Å². The van der Waals surface area contributed by atoms with Crippen LogP contribution in [0.2, 0.25) is 0 Å². The molecular weight excluding hydrogens is 320 g/mol. The van der Waals surface area contributed by atoms with Crippen molar-refractivity contribution in [1.29, 1.82) is 0 Å². The number of epoxide rings is 1. The number of ether oxygens (including phenoxy) is 1. The number of alkyl halides is 1. The standard InChI is InChI=1S/C12H6Br2O/c13-8-3-1-2-6-7-4-5-12(14)11(15-12)10(7)9(6)8/h1-5,11H. The van der Waals surface area contributed by atoms with Crippen molar-refractivity contribution in [3.05, 3.63) is 46.0 Å². The summed E-state index contributed by atoms with van der Waals surface area (Å²) in [6.07, 6.45) is 4.46. The van der Waals surface area contributed by atoms with Gasteiger partial charge in [0, 0.05) is 15.6 Å². The lowest BCUT2D eigenvalue weighted by Crippen LogP contribution is -2.17. The molecule has 3 heteroatoms. The summed E-state index contributed by atoms with van der Waals surface area (Å²) in [6, 6.07) is 6.32. The Hall–Kier alpha value is -0.380. The fraction of sp³-hybridized carbons (Fsp3) is 0.167. The Balaban J connectivity index is 1.95. The third kappa shape index (κ3) is 0.924. The second kappa shape index (κ2) is 2.47. The van der Waals surface area contributed by atoms with E-state index in [1.165, 1.54) is 26.7 Å². The number of halogens is 2. The summed E-state index contributed by atoms with van der Waals surface area (Å²) in [5, 5.41) is 0. The Kier molecular flexibility index (Phi) is 1.44. The van der Waals surface area contributed by atoms with Crippen LogP contribution in [-0.2, 0) is 4.74 Å². The number of hydrogen-bond acceptors (Lipinski definition) is 1. The quantitative estimate of drug-likeness (QED) is 0.523. The van der Waals surface area contributed by atoms with E-state index >= 15 is 0 Å². The molecule has 1 saturated heterocycles. The lowest BCUT2D eigenvalue weighted by molar-refractivity contribution is 0.406. The van der Waals surface area contributed by atoms with Crippen molar-refractivity contribution in [1.82, 2.24) is 0 Å². The summed E-state index contributed by atoms with van der Waals surface area (Å²) in [5.74, 6) is 0. The van der Waals surface area contributed by atoms with Gasteiger partial charge in [-0.1, -0.05) is 34.1 Å². The monoisotopic (exact) mass is 324 g/mol. The van der Waals surface area contributed by atoms with Gasteiger partial charge in [-0.15, -0.1) is 0 Å². The van der Waals surface area contributed by atoms with Gasteiger partial charge in [0.25, 0.3) is 0 Å². The van der Waals surface area contributed by atoms with Gasteiger partial charge < -0.3 is 4.74 Å². The second-order valence-corrected chi connectivity index (χ2v) is 6.11. The molecule has 74 valence electrons. The third-order valence-electron chi connectivity index (χ3n) is 3.20. The zero-order chi connectivity index (χ0) is 10.2. The number of rotatable bonds is 0. The maximum atomic E-state index is 5.66. The van der Waals surface area contributed by atoms with Crippen LogP contribution in [0, 0.1) is 0 Å². The van der Waals surface area contributed by atoms with Crippen LogP contribution >= 0.6 is 31.9 Å². The van der Waals surface area contributed by atoms with E-state index in [9.17, 15) is 0 Å². The van der Waals surface area contributed by atoms with Gasteiger partial charge in [0.05, 0.1) is 0 Å². The summed E-state index contributed by atoms with van der Waals surface area (Å²) < 4.78 is 6.62. The van der Waals surface area contributed by atoms with Crippen molar-refractivity contribution in [3.63, 3.8) is 0 Å². The van der Waals surface area contributed by atoms with Crippen molar-refractivity contribution in [2.24, 2.45) is 0 Å². The van der Waals surface area contributed by atoms with Crippen molar-refractivity contribution >= 4 is 43.0 Å². The highest BCUT2D eigenvalue weighted by atomic mass is 79.9. The molecule has 2 aliphatic carbocycles. The highest BCUT2D eigenvalue weighted by Crippen LogP contribution is 2.61. The summed E-state index contributed by atoms with van der Waals surface area (Å²) >= 11 is 7.18. The van der Waals surface area contributed by atoms with E-state index < -0.39 is 0 Å². The zero-order valence-electron chi connectivity index (χ0n) is 7.63. The van der Waals surface area contributed by atoms with Gasteiger partial charge in [-0.2, -0.15) is 0 Å². The molecule has 1 aliphatic heterocycles. The highest BCUT2D eigenvalue weighted by molar-refractivity contribution is 9.10. The molecule has 0 N–H and O–H groups in total. The summed E-state index contributed by atoms with van der Waals surface area (Å²) in [6.45, 7) is 0. The Morgan fingerprint density at radius 3 is 3.07 bits per heavy atom. The number of benzene rings is 1. The fourth-order valence-corrected chi connectivity index (χ4v) is 3.55. The van der Waals surface area contributed by atoms with Crippen LogP contribution in [0.4, 0.5) is 0 Å². The minimum atomic E-state index is -0.210. The van der Waals surface area contributed by atoms with E-state index in [2.05, 4.69) is 62.2 Å². The van der Waals surface area contributed by atoms with Crippen molar-refractivity contribution in [2.45, 2.75) is 10.6 Å². The fourth-order valence-electron chi connectivity index (χ4n) is 2.42. The SMILES string of the molecule is Brc1cccc2c1C1=C2C=CC2(Br)OC12. The van der Waals surface area contributed by atoms with Crippen LogP contribution in [0.1, 0.15) is 11.1 Å². The van der Waals surface area contributed by atoms with Crippen LogP contribution < -0.4 is 0 Å². The Bertz CT molecular complexity index is 559. The molecule has 0 spiro atoms. The third-order valence-corrected chi connectivity index (χ3v) is 4.73. The average molecular weight is 326 g/mol. The number of fused-ring (bicyclic) bond motifs is 5. The van der Waals surface area contributed by atoms with E-state index in [0.29, 0.717) is 0 Å². The molecule has 1 aromatic carbocycles. The van der Waals surface area contributed by atoms with Crippen molar-refractivity contribution in [2.75, 3.05) is 0 Å². The second-order valence-electron chi connectivity index (χ2n) is 4.02. The minimum Gasteiger partial charge on any atom is -0.345 e. The van der Waals surface area contributed by atoms with E-state index in [1.807, 2.05) is 0 Å². The van der Waals surface area contributed by atoms with E-state index in [1.54, 1.807) is 0 Å². The minimum absolute atomic E-state index is 0.210. The molecule has 3 aliphatic rings. The van der Waals surface area contributed by atoms with E-state index in [-0.39, 0.29) is 10.6 Å². The molecular formula is C12H6Br2O. The largest absolute Gasteiger partial charge is 0.345 e. The molecule has 1 nitrogen and oxygen atoms in total. The van der Waals surface area contributed by atoms with E-state index in [0.717, 1.165) is 0 Å². The first-order chi connectivity index (χ1) is 7.21. The topological polar surface area (TPSA) is 12.5 Å². The lowest BCUT2D eigenvalue weighted by Gasteiger charge is -2.28. The van der Waals surface area contributed by atoms with Gasteiger partial charge in [0.1, 0.15) is 6.10 Å². The molecule has 0 aromatic heterocycles. The van der Waals surface area contributed by atoms with Crippen LogP contribution in [0.3, 0.4) is 0 Å². The molecule has 0 radical (unpaired) electrons. The first-order valence-corrected chi connectivity index (χ1v) is 6.39. The number of allylic oxidation sites excluding steroid dienone is 2. The summed E-state index contributed by atoms with van der Waals surface area (Å²) in [7, 11) is 0. The van der Waals surface area contributed by atoms with Crippen LogP contribution in [0.5, 0.6) is 0 Å². The van der Waals surface area contributed by atoms with Crippen molar-refractivity contribution in [3.8, 4) is 0 Å². The van der Waals surface area contributed by atoms with Gasteiger partial charge in [-0.05, 0) is 39.2 Å². The maximum absolute atomic E-state index is 5.66. The lowest BCUT2D eigenvalue weighted by atomic mass is 9.76. The Morgan fingerprint density at radius 2 is 2.20 bits per heavy atom. The van der Waals surface area contributed by atoms with Gasteiger partial charge in [0.15, 0.2) is 4.51 Å². The zero-order valence-corrected chi connectivity index (χ0v) is 10.8. The maximum Gasteiger partial charge on any atom is 0.172 e. The van der Waals surface area contributed by atoms with Crippen LogP contribution in [-0.4, -0.2) is 10.6 Å². The summed E-state index contributed by atoms with van der Waals surface area (Å²) in [5.41, 5.74) is 5.34. The highest BCUT2D eigenvalue weighted by Gasteiger charge is 2.59. The Labute approximate surface area is 104 Å². The molecule has 1 heterocycles. The number of hydrogen-bond donors (Lipinski definition) is 0. The molecule has 0 saturated carbocycles. The van der Waals surface area contributed by atoms with E-state index in [4.69, 9.17) is 4.74 Å². The van der Waals surface area contributed by atoms with Gasteiger partial charge in [-0.25, -0.2) is 0 Å². The normalized spacial score (nSPS) is 34.1. The van der Waals surface area contributed by atoms with Gasteiger partial charge >= 0.3 is 0 Å². The first-order valence-electron chi connectivity index (χ1n) is 4.80. The predicted molar refractivity (Wildman–Crippen MR) is 66.6 cm³/mol. The molecule has 2 atom stereocenters. The van der Waals surface area contributed by atoms with Crippen LogP contribution in [0.25, 0.3) is 11.1 Å². The average Bonchev–Trinajstić information content (AvgIpc) is 2.83. The molecule has 0 amide bonds. The summed E-state index contributed by atoms with van der Waals surface area (Å²) in [4.78, 5) is 0. The first kappa shape index (κ1) is 8.74. The van der Waals surface area contributed by atoms with Crippen LogP contribution in [0.15, 0.2) is 34.8 Å². The molecule has 4 rings (SSSR count). The predicted octanol–water partition coefficient (Wildman–Crippen LogP) is 3.73. The molecule has 2 unspecified atom stereocenters. The molecule has 15 heavy (non-hydrogen) atoms.